The van der Waals surface area contributed by atoms with Crippen LogP contribution in [0.5, 0.6) is 0 Å². The highest BCUT2D eigenvalue weighted by atomic mass is 79.9. The van der Waals surface area contributed by atoms with E-state index in [4.69, 9.17) is 11.6 Å². The summed E-state index contributed by atoms with van der Waals surface area (Å²) in [6.45, 7) is 0. The van der Waals surface area contributed by atoms with Crippen LogP contribution in [0.25, 0.3) is 0 Å². The molecule has 2 rings (SSSR count). The van der Waals surface area contributed by atoms with Gasteiger partial charge in [-0.05, 0) is 29.3 Å². The van der Waals surface area contributed by atoms with Gasteiger partial charge < -0.3 is 5.11 Å². The van der Waals surface area contributed by atoms with Gasteiger partial charge in [-0.2, -0.15) is 0 Å². The summed E-state index contributed by atoms with van der Waals surface area (Å²) in [7, 11) is 0. The Hall–Kier alpha value is -0.900. The molecule has 0 spiro atoms. The van der Waals surface area contributed by atoms with Crippen LogP contribution in [-0.4, -0.2) is 10.1 Å². The Labute approximate surface area is 113 Å². The molecule has 0 radical (unpaired) electrons. The largest absolute Gasteiger partial charge is 0.388 e. The maximum Gasteiger partial charge on any atom is 0.0841 e. The standard InChI is InChI=1S/C13H11BrClNO/c14-12-7-10(15)3-4-11(12)13(17)6-9-2-1-5-16-8-9/h1-5,7-8,13,17H,6H2. The van der Waals surface area contributed by atoms with Gasteiger partial charge in [0.2, 0.25) is 0 Å². The Balaban J connectivity index is 2.17. The second-order valence-corrected chi connectivity index (χ2v) is 5.04. The van der Waals surface area contributed by atoms with E-state index in [-0.39, 0.29) is 0 Å². The monoisotopic (exact) mass is 311 g/mol. The molecule has 1 unspecified atom stereocenters. The third kappa shape index (κ3) is 3.28. The Morgan fingerprint density at radius 1 is 1.35 bits per heavy atom. The molecule has 4 heteroatoms. The number of nitrogens with zero attached hydrogens (tertiary/aromatic N) is 1. The van der Waals surface area contributed by atoms with Gasteiger partial charge in [-0.15, -0.1) is 0 Å². The molecular formula is C13H11BrClNO. The summed E-state index contributed by atoms with van der Waals surface area (Å²) in [4.78, 5) is 4.02. The predicted molar refractivity (Wildman–Crippen MR) is 72.1 cm³/mol. The van der Waals surface area contributed by atoms with Crippen molar-refractivity contribution in [2.45, 2.75) is 12.5 Å². The molecular weight excluding hydrogens is 302 g/mol. The van der Waals surface area contributed by atoms with Gasteiger partial charge in [-0.1, -0.05) is 39.7 Å². The van der Waals surface area contributed by atoms with Crippen molar-refractivity contribution in [3.8, 4) is 0 Å². The van der Waals surface area contributed by atoms with Crippen LogP contribution in [0.2, 0.25) is 5.02 Å². The Bertz CT molecular complexity index is 504. The topological polar surface area (TPSA) is 33.1 Å². The second-order valence-electron chi connectivity index (χ2n) is 3.75. The van der Waals surface area contributed by atoms with Crippen molar-refractivity contribution >= 4 is 27.5 Å². The van der Waals surface area contributed by atoms with E-state index in [2.05, 4.69) is 20.9 Å². The molecule has 0 aliphatic rings. The molecule has 1 N–H and O–H groups in total. The highest BCUT2D eigenvalue weighted by Gasteiger charge is 2.12. The third-order valence-electron chi connectivity index (χ3n) is 2.47. The fourth-order valence-electron chi connectivity index (χ4n) is 1.62. The SMILES string of the molecule is OC(Cc1cccnc1)c1ccc(Cl)cc1Br. The fourth-order valence-corrected chi connectivity index (χ4v) is 2.57. The van der Waals surface area contributed by atoms with Crippen molar-refractivity contribution in [3.05, 3.63) is 63.3 Å². The minimum Gasteiger partial charge on any atom is -0.388 e. The molecule has 0 saturated heterocycles. The Kier molecular flexibility index (Phi) is 4.15. The number of rotatable bonds is 3. The van der Waals surface area contributed by atoms with Crippen LogP contribution in [0.3, 0.4) is 0 Å². The van der Waals surface area contributed by atoms with Gasteiger partial charge in [0.15, 0.2) is 0 Å². The molecule has 17 heavy (non-hydrogen) atoms. The number of pyridine rings is 1. The van der Waals surface area contributed by atoms with Gasteiger partial charge in [0.05, 0.1) is 6.10 Å². The summed E-state index contributed by atoms with van der Waals surface area (Å²) in [5, 5.41) is 10.8. The van der Waals surface area contributed by atoms with E-state index >= 15 is 0 Å². The molecule has 1 aromatic carbocycles. The number of halogens is 2. The van der Waals surface area contributed by atoms with E-state index < -0.39 is 6.10 Å². The fraction of sp³-hybridized carbons (Fsp3) is 0.154. The quantitative estimate of drug-likeness (QED) is 0.936. The minimum atomic E-state index is -0.564. The lowest BCUT2D eigenvalue weighted by atomic mass is 10.0. The first-order valence-electron chi connectivity index (χ1n) is 5.19. The van der Waals surface area contributed by atoms with Crippen LogP contribution in [0.1, 0.15) is 17.2 Å². The molecule has 1 aromatic heterocycles. The van der Waals surface area contributed by atoms with Gasteiger partial charge in [-0.3, -0.25) is 4.98 Å². The molecule has 2 nitrogen and oxygen atoms in total. The minimum absolute atomic E-state index is 0.536. The van der Waals surface area contributed by atoms with Gasteiger partial charge in [0.1, 0.15) is 0 Å². The van der Waals surface area contributed by atoms with Crippen LogP contribution < -0.4 is 0 Å². The summed E-state index contributed by atoms with van der Waals surface area (Å²) in [5.74, 6) is 0. The van der Waals surface area contributed by atoms with Crippen molar-refractivity contribution in [2.75, 3.05) is 0 Å². The maximum absolute atomic E-state index is 10.1. The second kappa shape index (κ2) is 5.63. The van der Waals surface area contributed by atoms with Crippen molar-refractivity contribution in [1.29, 1.82) is 0 Å². The molecule has 0 aliphatic heterocycles. The highest BCUT2D eigenvalue weighted by Crippen LogP contribution is 2.28. The summed E-state index contributed by atoms with van der Waals surface area (Å²) in [5.41, 5.74) is 1.83. The van der Waals surface area contributed by atoms with Crippen LogP contribution in [0, 0.1) is 0 Å². The van der Waals surface area contributed by atoms with E-state index in [0.29, 0.717) is 11.4 Å². The molecule has 0 saturated carbocycles. The average molecular weight is 313 g/mol. The van der Waals surface area contributed by atoms with E-state index in [0.717, 1.165) is 15.6 Å². The van der Waals surface area contributed by atoms with Gasteiger partial charge >= 0.3 is 0 Å². The lowest BCUT2D eigenvalue weighted by Gasteiger charge is -2.13. The van der Waals surface area contributed by atoms with E-state index in [1.165, 1.54) is 0 Å². The Morgan fingerprint density at radius 2 is 2.18 bits per heavy atom. The van der Waals surface area contributed by atoms with E-state index in [1.807, 2.05) is 18.2 Å². The number of aromatic nitrogens is 1. The molecule has 1 heterocycles. The van der Waals surface area contributed by atoms with Gasteiger partial charge in [0, 0.05) is 28.3 Å². The number of benzene rings is 1. The normalized spacial score (nSPS) is 12.4. The smallest absolute Gasteiger partial charge is 0.0841 e. The van der Waals surface area contributed by atoms with Crippen LogP contribution in [0.4, 0.5) is 0 Å². The lowest BCUT2D eigenvalue weighted by Crippen LogP contribution is -2.02. The summed E-state index contributed by atoms with van der Waals surface area (Å²) >= 11 is 9.26. The molecule has 0 amide bonds. The lowest BCUT2D eigenvalue weighted by molar-refractivity contribution is 0.177. The first-order valence-corrected chi connectivity index (χ1v) is 6.36. The average Bonchev–Trinajstić information content (AvgIpc) is 2.30. The van der Waals surface area contributed by atoms with E-state index in [1.54, 1.807) is 24.5 Å². The van der Waals surface area contributed by atoms with Crippen molar-refractivity contribution in [2.24, 2.45) is 0 Å². The summed E-state index contributed by atoms with van der Waals surface area (Å²) in [6.07, 6.45) is 3.45. The number of aliphatic hydroxyl groups is 1. The van der Waals surface area contributed by atoms with Gasteiger partial charge in [0.25, 0.3) is 0 Å². The first-order chi connectivity index (χ1) is 8.16. The Morgan fingerprint density at radius 3 is 2.82 bits per heavy atom. The maximum atomic E-state index is 10.1. The highest BCUT2D eigenvalue weighted by molar-refractivity contribution is 9.10. The summed E-state index contributed by atoms with van der Waals surface area (Å²) < 4.78 is 0.821. The van der Waals surface area contributed by atoms with Crippen molar-refractivity contribution < 1.29 is 5.11 Å². The van der Waals surface area contributed by atoms with E-state index in [9.17, 15) is 5.11 Å². The molecule has 88 valence electrons. The van der Waals surface area contributed by atoms with Gasteiger partial charge in [-0.25, -0.2) is 0 Å². The molecule has 0 fully saturated rings. The molecule has 2 aromatic rings. The van der Waals surface area contributed by atoms with Crippen LogP contribution in [0.15, 0.2) is 47.2 Å². The number of hydrogen-bond donors (Lipinski definition) is 1. The first kappa shape index (κ1) is 12.6. The molecule has 1 atom stereocenters. The number of hydrogen-bond acceptors (Lipinski definition) is 2. The predicted octanol–water partition coefficient (Wildman–Crippen LogP) is 3.77. The summed E-state index contributed by atoms with van der Waals surface area (Å²) in [6, 6.07) is 9.18. The molecule has 0 bridgehead atoms. The van der Waals surface area contributed by atoms with Crippen molar-refractivity contribution in [1.82, 2.24) is 4.98 Å². The zero-order valence-corrected chi connectivity index (χ0v) is 11.3. The van der Waals surface area contributed by atoms with Crippen LogP contribution >= 0.6 is 27.5 Å². The third-order valence-corrected chi connectivity index (χ3v) is 3.40. The molecule has 0 aliphatic carbocycles. The van der Waals surface area contributed by atoms with Crippen molar-refractivity contribution in [3.63, 3.8) is 0 Å². The number of aliphatic hydroxyl groups excluding tert-OH is 1. The van der Waals surface area contributed by atoms with Crippen LogP contribution in [-0.2, 0) is 6.42 Å². The zero-order valence-electron chi connectivity index (χ0n) is 8.98. The zero-order chi connectivity index (χ0) is 12.3.